The Hall–Kier alpha value is -1.67. The third kappa shape index (κ3) is 20.0. The van der Waals surface area contributed by atoms with Crippen LogP contribution >= 0.6 is 0 Å². The highest BCUT2D eigenvalue weighted by Gasteiger charge is 2.21. The van der Waals surface area contributed by atoms with Crippen molar-refractivity contribution < 1.29 is 39.2 Å². The van der Waals surface area contributed by atoms with Gasteiger partial charge >= 0.3 is 17.9 Å². The van der Waals surface area contributed by atoms with Crippen LogP contribution in [0.2, 0.25) is 0 Å². The smallest absolute Gasteiger partial charge is 0.335 e. The molecule has 182 valence electrons. The standard InChI is InChI=1S/C23H42O8/c1-2-3-4-5-6-7-8-9-10-11-12-13-14-15-22(28)30-17-19(24)18-31-23(29)20(25)16-21(26)27/h19-20,24-25H,2-18H2,1H3,(H,26,27)/t19?,20-/m1/s1. The van der Waals surface area contributed by atoms with Crippen LogP contribution in [0, 0.1) is 0 Å². The molecule has 8 heteroatoms. The number of unbranched alkanes of at least 4 members (excludes halogenated alkanes) is 12. The molecule has 0 spiro atoms. The summed E-state index contributed by atoms with van der Waals surface area (Å²) in [5.41, 5.74) is 0. The lowest BCUT2D eigenvalue weighted by molar-refractivity contribution is -0.162. The molecule has 2 atom stereocenters. The topological polar surface area (TPSA) is 130 Å². The molecule has 8 nitrogen and oxygen atoms in total. The molecular weight excluding hydrogens is 404 g/mol. The van der Waals surface area contributed by atoms with E-state index in [-0.39, 0.29) is 13.0 Å². The summed E-state index contributed by atoms with van der Waals surface area (Å²) in [5.74, 6) is -2.90. The molecular formula is C23H42O8. The first-order chi connectivity index (χ1) is 14.9. The summed E-state index contributed by atoms with van der Waals surface area (Å²) in [6.07, 6.45) is 12.4. The minimum Gasteiger partial charge on any atom is -0.481 e. The maximum atomic E-state index is 11.7. The zero-order valence-corrected chi connectivity index (χ0v) is 19.1. The molecule has 0 aromatic rings. The number of aliphatic hydroxyl groups is 2. The summed E-state index contributed by atoms with van der Waals surface area (Å²) in [7, 11) is 0. The van der Waals surface area contributed by atoms with Gasteiger partial charge in [-0.05, 0) is 6.42 Å². The van der Waals surface area contributed by atoms with Gasteiger partial charge in [0.1, 0.15) is 19.3 Å². The Bertz CT molecular complexity index is 480. The second-order valence-corrected chi connectivity index (χ2v) is 8.07. The Morgan fingerprint density at radius 1 is 0.710 bits per heavy atom. The molecule has 1 unspecified atom stereocenters. The van der Waals surface area contributed by atoms with E-state index in [2.05, 4.69) is 11.7 Å². The predicted molar refractivity (Wildman–Crippen MR) is 116 cm³/mol. The lowest BCUT2D eigenvalue weighted by atomic mass is 10.0. The maximum Gasteiger partial charge on any atom is 0.335 e. The maximum absolute atomic E-state index is 11.7. The van der Waals surface area contributed by atoms with Crippen molar-refractivity contribution in [2.75, 3.05) is 13.2 Å². The number of carboxylic acid groups (broad SMARTS) is 1. The van der Waals surface area contributed by atoms with Crippen LogP contribution in [0.3, 0.4) is 0 Å². The molecule has 0 aliphatic heterocycles. The number of ether oxygens (including phenoxy) is 2. The Balaban J connectivity index is 3.49. The Labute approximate surface area is 186 Å². The van der Waals surface area contributed by atoms with Crippen molar-refractivity contribution in [3.05, 3.63) is 0 Å². The summed E-state index contributed by atoms with van der Waals surface area (Å²) in [5, 5.41) is 27.4. The first-order valence-electron chi connectivity index (χ1n) is 11.8. The number of esters is 2. The van der Waals surface area contributed by atoms with Crippen LogP contribution in [-0.4, -0.2) is 58.6 Å². The van der Waals surface area contributed by atoms with E-state index in [1.807, 2.05) is 0 Å². The molecule has 0 aromatic heterocycles. The van der Waals surface area contributed by atoms with Crippen LogP contribution in [0.5, 0.6) is 0 Å². The summed E-state index contributed by atoms with van der Waals surface area (Å²) in [4.78, 5) is 33.4. The Kier molecular flexibility index (Phi) is 19.2. The second kappa shape index (κ2) is 20.2. The van der Waals surface area contributed by atoms with Gasteiger partial charge in [0.25, 0.3) is 0 Å². The van der Waals surface area contributed by atoms with E-state index in [0.717, 1.165) is 19.3 Å². The van der Waals surface area contributed by atoms with E-state index < -0.39 is 43.1 Å². The van der Waals surface area contributed by atoms with E-state index in [1.54, 1.807) is 0 Å². The SMILES string of the molecule is CCCCCCCCCCCCCCCC(=O)OCC(O)COC(=O)[C@H](O)CC(=O)O. The van der Waals surface area contributed by atoms with Crippen LogP contribution in [0.1, 0.15) is 103 Å². The number of aliphatic carboxylic acids is 1. The molecule has 3 N–H and O–H groups in total. The fraction of sp³-hybridized carbons (Fsp3) is 0.870. The lowest BCUT2D eigenvalue weighted by Gasteiger charge is -2.13. The van der Waals surface area contributed by atoms with E-state index in [4.69, 9.17) is 9.84 Å². The molecule has 0 aromatic carbocycles. The van der Waals surface area contributed by atoms with Gasteiger partial charge in [-0.2, -0.15) is 0 Å². The third-order valence-electron chi connectivity index (χ3n) is 4.98. The number of carbonyl (C=O) groups is 3. The van der Waals surface area contributed by atoms with Crippen LogP contribution in [0.4, 0.5) is 0 Å². The Morgan fingerprint density at radius 3 is 1.65 bits per heavy atom. The number of carbonyl (C=O) groups excluding carboxylic acids is 2. The largest absolute Gasteiger partial charge is 0.481 e. The molecule has 0 saturated heterocycles. The van der Waals surface area contributed by atoms with Gasteiger partial charge in [0.05, 0.1) is 6.42 Å². The molecule has 0 aliphatic carbocycles. The number of carboxylic acids is 1. The first kappa shape index (κ1) is 29.3. The molecule has 0 rings (SSSR count). The van der Waals surface area contributed by atoms with Crippen molar-refractivity contribution in [1.82, 2.24) is 0 Å². The average Bonchev–Trinajstić information content (AvgIpc) is 2.73. The average molecular weight is 447 g/mol. The molecule has 0 aliphatic rings. The van der Waals surface area contributed by atoms with Gasteiger partial charge in [-0.15, -0.1) is 0 Å². The van der Waals surface area contributed by atoms with Crippen molar-refractivity contribution in [2.45, 2.75) is 115 Å². The van der Waals surface area contributed by atoms with Crippen LogP contribution in [-0.2, 0) is 23.9 Å². The fourth-order valence-electron chi connectivity index (χ4n) is 3.12. The quantitative estimate of drug-likeness (QED) is 0.179. The van der Waals surface area contributed by atoms with Crippen molar-refractivity contribution >= 4 is 17.9 Å². The normalized spacial score (nSPS) is 12.9. The minimum absolute atomic E-state index is 0.279. The second-order valence-electron chi connectivity index (χ2n) is 8.07. The van der Waals surface area contributed by atoms with Crippen LogP contribution in [0.15, 0.2) is 0 Å². The van der Waals surface area contributed by atoms with Gasteiger partial charge in [-0.1, -0.05) is 84.0 Å². The van der Waals surface area contributed by atoms with Gasteiger partial charge in [0.15, 0.2) is 6.10 Å². The van der Waals surface area contributed by atoms with Gasteiger partial charge in [0.2, 0.25) is 0 Å². The van der Waals surface area contributed by atoms with Crippen molar-refractivity contribution in [3.63, 3.8) is 0 Å². The van der Waals surface area contributed by atoms with Crippen molar-refractivity contribution in [1.29, 1.82) is 0 Å². The highest BCUT2D eigenvalue weighted by Crippen LogP contribution is 2.13. The zero-order valence-electron chi connectivity index (χ0n) is 19.1. The minimum atomic E-state index is -1.79. The number of hydrogen-bond acceptors (Lipinski definition) is 7. The molecule has 0 bridgehead atoms. The molecule has 0 heterocycles. The summed E-state index contributed by atoms with van der Waals surface area (Å²) >= 11 is 0. The summed E-state index contributed by atoms with van der Waals surface area (Å²) < 4.78 is 9.52. The van der Waals surface area contributed by atoms with Gasteiger partial charge in [-0.3, -0.25) is 9.59 Å². The van der Waals surface area contributed by atoms with Crippen LogP contribution < -0.4 is 0 Å². The number of hydrogen-bond donors (Lipinski definition) is 3. The van der Waals surface area contributed by atoms with Crippen molar-refractivity contribution in [2.24, 2.45) is 0 Å². The number of rotatable bonds is 21. The van der Waals surface area contributed by atoms with Crippen molar-refractivity contribution in [3.8, 4) is 0 Å². The molecule has 31 heavy (non-hydrogen) atoms. The highest BCUT2D eigenvalue weighted by atomic mass is 16.6. The molecule has 0 amide bonds. The first-order valence-corrected chi connectivity index (χ1v) is 11.8. The fourth-order valence-corrected chi connectivity index (χ4v) is 3.12. The van der Waals surface area contributed by atoms with Gasteiger partial charge < -0.3 is 24.8 Å². The van der Waals surface area contributed by atoms with Gasteiger partial charge in [0, 0.05) is 6.42 Å². The zero-order chi connectivity index (χ0) is 23.3. The highest BCUT2D eigenvalue weighted by molar-refractivity contribution is 5.80. The third-order valence-corrected chi connectivity index (χ3v) is 4.98. The lowest BCUT2D eigenvalue weighted by Crippen LogP contribution is -2.31. The van der Waals surface area contributed by atoms with Gasteiger partial charge in [-0.25, -0.2) is 4.79 Å². The van der Waals surface area contributed by atoms with E-state index in [0.29, 0.717) is 0 Å². The molecule has 0 fully saturated rings. The van der Waals surface area contributed by atoms with E-state index in [1.165, 1.54) is 64.2 Å². The number of aliphatic hydroxyl groups excluding tert-OH is 2. The van der Waals surface area contributed by atoms with E-state index in [9.17, 15) is 24.6 Å². The monoisotopic (exact) mass is 446 g/mol. The van der Waals surface area contributed by atoms with Crippen LogP contribution in [0.25, 0.3) is 0 Å². The molecule has 0 saturated carbocycles. The molecule has 0 radical (unpaired) electrons. The predicted octanol–water partition coefficient (Wildman–Crippen LogP) is 3.75. The summed E-state index contributed by atoms with van der Waals surface area (Å²) in [6, 6.07) is 0. The van der Waals surface area contributed by atoms with E-state index >= 15 is 0 Å². The summed E-state index contributed by atoms with van der Waals surface area (Å²) in [6.45, 7) is 1.43. The Morgan fingerprint density at radius 2 is 1.16 bits per heavy atom.